The van der Waals surface area contributed by atoms with Crippen LogP contribution in [-0.4, -0.2) is 9.13 Å². The summed E-state index contributed by atoms with van der Waals surface area (Å²) < 4.78 is 5.01. The highest BCUT2D eigenvalue weighted by atomic mass is 15.0. The fourth-order valence-electron chi connectivity index (χ4n) is 10.9. The molecule has 0 aliphatic heterocycles. The van der Waals surface area contributed by atoms with Crippen molar-refractivity contribution in [2.24, 2.45) is 5.92 Å². The molecule has 2 heterocycles. The largest absolute Gasteiger partial charge is 0.313 e. The van der Waals surface area contributed by atoms with Gasteiger partial charge in [0.05, 0.1) is 16.6 Å². The molecule has 2 aromatic heterocycles. The molecule has 1 unspecified atom stereocenters. The minimum atomic E-state index is -0.0545. The van der Waals surface area contributed by atoms with Gasteiger partial charge in [-0.3, -0.25) is 0 Å². The molecular formula is C55H44N2. The lowest BCUT2D eigenvalue weighted by Gasteiger charge is -2.22. The molecule has 0 N–H and O–H groups in total. The van der Waals surface area contributed by atoms with Gasteiger partial charge < -0.3 is 9.13 Å². The van der Waals surface area contributed by atoms with Crippen molar-refractivity contribution in [1.29, 1.82) is 0 Å². The predicted molar refractivity (Wildman–Crippen MR) is 240 cm³/mol. The molecule has 3 aliphatic carbocycles. The molecule has 2 nitrogen and oxygen atoms in total. The smallest absolute Gasteiger partial charge is 0.0544 e. The highest BCUT2D eigenvalue weighted by Crippen LogP contribution is 2.52. The van der Waals surface area contributed by atoms with Crippen molar-refractivity contribution in [3.8, 4) is 44.8 Å². The quantitative estimate of drug-likeness (QED) is 0.171. The molecule has 0 saturated carbocycles. The SMILES string of the molecule is CC1C=Cc2c(n(-c3ccc(-c4ccc(-n5c6ccccc6c6cc7c(cc65)C(C)(C)c5ccccc5-7)cc4)cc3)c3cc4c(cc23)-c2ccccc2C4(C)C)C1. The van der Waals surface area contributed by atoms with Gasteiger partial charge in [0, 0.05) is 49.6 Å². The first-order valence-electron chi connectivity index (χ1n) is 20.6. The van der Waals surface area contributed by atoms with Crippen LogP contribution in [0.2, 0.25) is 0 Å². The van der Waals surface area contributed by atoms with Gasteiger partial charge in [0.1, 0.15) is 0 Å². The van der Waals surface area contributed by atoms with Gasteiger partial charge in [0.2, 0.25) is 0 Å². The second-order valence-electron chi connectivity index (χ2n) is 17.9. The van der Waals surface area contributed by atoms with Gasteiger partial charge in [-0.05, 0) is 123 Å². The lowest BCUT2D eigenvalue weighted by atomic mass is 9.82. The number of benzene rings is 7. The van der Waals surface area contributed by atoms with Crippen LogP contribution >= 0.6 is 0 Å². The van der Waals surface area contributed by atoms with Crippen LogP contribution in [0, 0.1) is 5.92 Å². The van der Waals surface area contributed by atoms with Crippen LogP contribution in [0.1, 0.15) is 68.1 Å². The Balaban J connectivity index is 0.944. The van der Waals surface area contributed by atoms with Crippen molar-refractivity contribution in [3.63, 3.8) is 0 Å². The van der Waals surface area contributed by atoms with E-state index in [1.807, 2.05) is 0 Å². The Morgan fingerprint density at radius 1 is 0.456 bits per heavy atom. The third-order valence-electron chi connectivity index (χ3n) is 13.9. The summed E-state index contributed by atoms with van der Waals surface area (Å²) in [6.07, 6.45) is 5.79. The first-order valence-corrected chi connectivity index (χ1v) is 20.6. The van der Waals surface area contributed by atoms with E-state index in [-0.39, 0.29) is 10.8 Å². The molecular weight excluding hydrogens is 689 g/mol. The molecule has 12 rings (SSSR count). The average Bonchev–Trinajstić information content (AvgIpc) is 3.88. The highest BCUT2D eigenvalue weighted by molar-refractivity contribution is 6.11. The number of nitrogens with zero attached hydrogens (tertiary/aromatic N) is 2. The van der Waals surface area contributed by atoms with Gasteiger partial charge in [0.15, 0.2) is 0 Å². The molecule has 1 atom stereocenters. The van der Waals surface area contributed by atoms with Gasteiger partial charge in [-0.25, -0.2) is 0 Å². The summed E-state index contributed by atoms with van der Waals surface area (Å²) >= 11 is 0. The van der Waals surface area contributed by atoms with E-state index in [1.165, 1.54) is 111 Å². The number of hydrogen-bond acceptors (Lipinski definition) is 0. The Bertz CT molecular complexity index is 3200. The van der Waals surface area contributed by atoms with Crippen LogP contribution in [0.4, 0.5) is 0 Å². The summed E-state index contributed by atoms with van der Waals surface area (Å²) in [5.74, 6) is 0.501. The zero-order chi connectivity index (χ0) is 38.4. The third kappa shape index (κ3) is 4.42. The normalized spacial score (nSPS) is 16.8. The van der Waals surface area contributed by atoms with Crippen molar-refractivity contribution in [3.05, 3.63) is 185 Å². The summed E-state index contributed by atoms with van der Waals surface area (Å²) in [7, 11) is 0. The summed E-state index contributed by atoms with van der Waals surface area (Å²) in [6, 6.07) is 55.1. The Kier molecular flexibility index (Phi) is 6.54. The molecule has 0 bridgehead atoms. The second kappa shape index (κ2) is 11.4. The molecule has 57 heavy (non-hydrogen) atoms. The van der Waals surface area contributed by atoms with Crippen molar-refractivity contribution < 1.29 is 0 Å². The standard InChI is InChI=1S/C55H44N2/c1-33-18-27-41-45-30-43-39-13-7-10-16-47(39)55(4,5)49(43)32-53(45)57(51(41)28-33)37-25-21-35(22-26-37)34-19-23-36(24-20-34)56-50-17-11-8-14-40(50)44-29-42-38-12-6-9-15-46(38)54(2,3)48(42)31-52(44)56/h6-27,29-33H,28H2,1-5H3. The van der Waals surface area contributed by atoms with E-state index in [0.29, 0.717) is 5.92 Å². The first kappa shape index (κ1) is 32.8. The van der Waals surface area contributed by atoms with E-state index in [1.54, 1.807) is 0 Å². The summed E-state index contributed by atoms with van der Waals surface area (Å²) in [6.45, 7) is 11.8. The molecule has 0 fully saturated rings. The van der Waals surface area contributed by atoms with Gasteiger partial charge in [-0.1, -0.05) is 138 Å². The number of fused-ring (bicyclic) bond motifs is 12. The van der Waals surface area contributed by atoms with Crippen molar-refractivity contribution in [1.82, 2.24) is 9.13 Å². The third-order valence-corrected chi connectivity index (χ3v) is 13.9. The van der Waals surface area contributed by atoms with Crippen molar-refractivity contribution in [2.45, 2.75) is 51.9 Å². The minimum Gasteiger partial charge on any atom is -0.313 e. The fraction of sp³-hybridized carbons (Fsp3) is 0.164. The number of aromatic nitrogens is 2. The summed E-state index contributed by atoms with van der Waals surface area (Å²) in [4.78, 5) is 0. The van der Waals surface area contributed by atoms with Gasteiger partial charge >= 0.3 is 0 Å². The molecule has 0 saturated heterocycles. The second-order valence-corrected chi connectivity index (χ2v) is 17.9. The first-order chi connectivity index (χ1) is 27.7. The van der Waals surface area contributed by atoms with Crippen LogP contribution in [-0.2, 0) is 17.3 Å². The van der Waals surface area contributed by atoms with E-state index in [4.69, 9.17) is 0 Å². The zero-order valence-electron chi connectivity index (χ0n) is 33.2. The Morgan fingerprint density at radius 3 is 1.58 bits per heavy atom. The topological polar surface area (TPSA) is 9.86 Å². The highest BCUT2D eigenvalue weighted by Gasteiger charge is 2.38. The fourth-order valence-corrected chi connectivity index (χ4v) is 10.9. The number of rotatable bonds is 3. The molecule has 2 heteroatoms. The van der Waals surface area contributed by atoms with Crippen LogP contribution < -0.4 is 0 Å². The number of hydrogen-bond donors (Lipinski definition) is 0. The van der Waals surface area contributed by atoms with E-state index in [2.05, 4.69) is 201 Å². The number of allylic oxidation sites excluding steroid dienone is 1. The molecule has 3 aliphatic rings. The van der Waals surface area contributed by atoms with Crippen LogP contribution in [0.15, 0.2) is 152 Å². The monoisotopic (exact) mass is 732 g/mol. The lowest BCUT2D eigenvalue weighted by Crippen LogP contribution is -2.15. The summed E-state index contributed by atoms with van der Waals surface area (Å²) in [5.41, 5.74) is 22.5. The Hall–Kier alpha value is -6.38. The maximum Gasteiger partial charge on any atom is 0.0544 e. The number of para-hydroxylation sites is 1. The maximum absolute atomic E-state index is 2.55. The van der Waals surface area contributed by atoms with Crippen molar-refractivity contribution in [2.75, 3.05) is 0 Å². The van der Waals surface area contributed by atoms with Crippen LogP contribution in [0.3, 0.4) is 0 Å². The average molecular weight is 733 g/mol. The molecule has 9 aromatic rings. The lowest BCUT2D eigenvalue weighted by molar-refractivity contribution is 0.660. The predicted octanol–water partition coefficient (Wildman–Crippen LogP) is 14.2. The minimum absolute atomic E-state index is 0.0451. The van der Waals surface area contributed by atoms with Gasteiger partial charge in [0.25, 0.3) is 0 Å². The van der Waals surface area contributed by atoms with E-state index in [9.17, 15) is 0 Å². The van der Waals surface area contributed by atoms with Crippen molar-refractivity contribution >= 4 is 38.8 Å². The maximum atomic E-state index is 2.55. The van der Waals surface area contributed by atoms with Gasteiger partial charge in [-0.15, -0.1) is 0 Å². The van der Waals surface area contributed by atoms with E-state index < -0.39 is 0 Å². The zero-order valence-corrected chi connectivity index (χ0v) is 33.2. The molecule has 0 amide bonds. The van der Waals surface area contributed by atoms with E-state index >= 15 is 0 Å². The van der Waals surface area contributed by atoms with Gasteiger partial charge in [-0.2, -0.15) is 0 Å². The molecule has 0 radical (unpaired) electrons. The Morgan fingerprint density at radius 2 is 0.965 bits per heavy atom. The summed E-state index contributed by atoms with van der Waals surface area (Å²) in [5, 5.41) is 3.95. The molecule has 0 spiro atoms. The van der Waals surface area contributed by atoms with E-state index in [0.717, 1.165) is 6.42 Å². The van der Waals surface area contributed by atoms with Crippen LogP contribution in [0.25, 0.3) is 83.5 Å². The van der Waals surface area contributed by atoms with Crippen LogP contribution in [0.5, 0.6) is 0 Å². The Labute approximate surface area is 334 Å². The molecule has 274 valence electrons. The molecule has 7 aromatic carbocycles.